The van der Waals surface area contributed by atoms with Gasteiger partial charge in [-0.3, -0.25) is 4.21 Å². The molecule has 6 heteroatoms. The lowest BCUT2D eigenvalue weighted by atomic mass is 10.1. The Labute approximate surface area is 147 Å². The van der Waals surface area contributed by atoms with Gasteiger partial charge in [-0.15, -0.1) is 0 Å². The van der Waals surface area contributed by atoms with Gasteiger partial charge in [0.1, 0.15) is 17.8 Å². The van der Waals surface area contributed by atoms with Crippen LogP contribution < -0.4 is 4.90 Å². The van der Waals surface area contributed by atoms with Crippen molar-refractivity contribution in [2.24, 2.45) is 0 Å². The summed E-state index contributed by atoms with van der Waals surface area (Å²) in [6, 6.07) is 14.3. The van der Waals surface area contributed by atoms with E-state index in [-0.39, 0.29) is 5.82 Å². The van der Waals surface area contributed by atoms with Gasteiger partial charge in [0.2, 0.25) is 5.89 Å². The molecule has 25 heavy (non-hydrogen) atoms. The van der Waals surface area contributed by atoms with Gasteiger partial charge in [-0.2, -0.15) is 0 Å². The number of oxazole rings is 1. The van der Waals surface area contributed by atoms with Crippen LogP contribution in [0.1, 0.15) is 0 Å². The molecule has 4 nitrogen and oxygen atoms in total. The predicted molar refractivity (Wildman–Crippen MR) is 97.4 cm³/mol. The Hall–Kier alpha value is -2.47. The maximum atomic E-state index is 13.3. The van der Waals surface area contributed by atoms with Crippen LogP contribution in [0.15, 0.2) is 59.2 Å². The summed E-state index contributed by atoms with van der Waals surface area (Å²) in [5.41, 5.74) is 3.39. The fourth-order valence-electron chi connectivity index (χ4n) is 2.90. The first-order valence-corrected chi connectivity index (χ1v) is 9.60. The molecule has 1 saturated heterocycles. The van der Waals surface area contributed by atoms with Gasteiger partial charge < -0.3 is 9.32 Å². The van der Waals surface area contributed by atoms with Gasteiger partial charge in [-0.1, -0.05) is 18.2 Å². The molecule has 3 aromatic rings. The van der Waals surface area contributed by atoms with E-state index < -0.39 is 10.8 Å². The maximum Gasteiger partial charge on any atom is 0.226 e. The van der Waals surface area contributed by atoms with Crippen LogP contribution in [0.4, 0.5) is 10.1 Å². The Morgan fingerprint density at radius 1 is 1.04 bits per heavy atom. The molecule has 0 amide bonds. The van der Waals surface area contributed by atoms with Crippen molar-refractivity contribution in [3.8, 4) is 22.7 Å². The van der Waals surface area contributed by atoms with E-state index in [1.165, 1.54) is 12.1 Å². The van der Waals surface area contributed by atoms with Crippen molar-refractivity contribution in [2.45, 2.75) is 0 Å². The normalized spacial score (nSPS) is 15.5. The standard InChI is InChI=1S/C19H17FN2O2S/c20-16-3-1-2-15(12-16)19-21-18(13-24-19)14-4-6-17(7-5-14)22-8-10-25(23)11-9-22/h1-7,12-13H,8-11H2. The number of anilines is 1. The minimum atomic E-state index is -0.677. The van der Waals surface area contributed by atoms with Gasteiger partial charge in [-0.25, -0.2) is 9.37 Å². The number of hydrogen-bond acceptors (Lipinski definition) is 4. The molecule has 0 N–H and O–H groups in total. The van der Waals surface area contributed by atoms with E-state index in [4.69, 9.17) is 4.42 Å². The molecule has 2 aromatic carbocycles. The number of benzene rings is 2. The maximum absolute atomic E-state index is 13.3. The van der Waals surface area contributed by atoms with Gasteiger partial charge in [0, 0.05) is 52.2 Å². The summed E-state index contributed by atoms with van der Waals surface area (Å²) < 4.78 is 30.3. The van der Waals surface area contributed by atoms with Gasteiger partial charge in [-0.05, 0) is 30.3 Å². The Bertz CT molecular complexity index is 898. The van der Waals surface area contributed by atoms with E-state index in [1.807, 2.05) is 24.3 Å². The summed E-state index contributed by atoms with van der Waals surface area (Å²) in [5.74, 6) is 1.53. The monoisotopic (exact) mass is 356 g/mol. The van der Waals surface area contributed by atoms with Gasteiger partial charge in [0.05, 0.1) is 0 Å². The average molecular weight is 356 g/mol. The topological polar surface area (TPSA) is 46.3 Å². The highest BCUT2D eigenvalue weighted by atomic mass is 32.2. The van der Waals surface area contributed by atoms with Gasteiger partial charge in [0.25, 0.3) is 0 Å². The van der Waals surface area contributed by atoms with Crippen molar-refractivity contribution < 1.29 is 13.0 Å². The summed E-state index contributed by atoms with van der Waals surface area (Å²) in [4.78, 5) is 6.70. The lowest BCUT2D eigenvalue weighted by molar-refractivity contribution is 0.573. The number of nitrogens with zero attached hydrogens (tertiary/aromatic N) is 2. The van der Waals surface area contributed by atoms with E-state index in [0.717, 1.165) is 35.8 Å². The van der Waals surface area contributed by atoms with Crippen LogP contribution in [0.25, 0.3) is 22.7 Å². The van der Waals surface area contributed by atoms with E-state index in [0.29, 0.717) is 17.1 Å². The third-order valence-corrected chi connectivity index (χ3v) is 5.56. The van der Waals surface area contributed by atoms with Gasteiger partial charge >= 0.3 is 0 Å². The summed E-state index contributed by atoms with van der Waals surface area (Å²) in [6.45, 7) is 1.64. The van der Waals surface area contributed by atoms with Crippen molar-refractivity contribution in [2.75, 3.05) is 29.5 Å². The van der Waals surface area contributed by atoms with Crippen LogP contribution in [0.5, 0.6) is 0 Å². The molecule has 2 heterocycles. The van der Waals surface area contributed by atoms with Crippen molar-refractivity contribution >= 4 is 16.5 Å². The molecule has 0 aliphatic carbocycles. The molecule has 0 spiro atoms. The zero-order valence-corrected chi connectivity index (χ0v) is 14.3. The number of halogens is 1. The second-order valence-electron chi connectivity index (χ2n) is 5.93. The van der Waals surface area contributed by atoms with Crippen LogP contribution >= 0.6 is 0 Å². The van der Waals surface area contributed by atoms with Crippen LogP contribution in [0.3, 0.4) is 0 Å². The average Bonchev–Trinajstić information content (AvgIpc) is 3.13. The highest BCUT2D eigenvalue weighted by Gasteiger charge is 2.16. The first kappa shape index (κ1) is 16.0. The predicted octanol–water partition coefficient (Wildman–Crippen LogP) is 3.72. The summed E-state index contributed by atoms with van der Waals surface area (Å²) >= 11 is 0. The second-order valence-corrected chi connectivity index (χ2v) is 7.63. The fraction of sp³-hybridized carbons (Fsp3) is 0.211. The molecule has 1 aromatic heterocycles. The highest BCUT2D eigenvalue weighted by Crippen LogP contribution is 2.27. The molecular weight excluding hydrogens is 339 g/mol. The molecule has 0 atom stereocenters. The van der Waals surface area contributed by atoms with E-state index in [9.17, 15) is 8.60 Å². The van der Waals surface area contributed by atoms with Crippen LogP contribution in [0.2, 0.25) is 0 Å². The number of hydrogen-bond donors (Lipinski definition) is 0. The van der Waals surface area contributed by atoms with Crippen LogP contribution in [-0.2, 0) is 10.8 Å². The molecule has 0 unspecified atom stereocenters. The molecule has 1 aliphatic rings. The Balaban J connectivity index is 1.54. The minimum absolute atomic E-state index is 0.316. The third kappa shape index (κ3) is 3.49. The summed E-state index contributed by atoms with van der Waals surface area (Å²) in [6.07, 6.45) is 1.58. The lowest BCUT2D eigenvalue weighted by Crippen LogP contribution is -2.37. The van der Waals surface area contributed by atoms with E-state index >= 15 is 0 Å². The number of rotatable bonds is 3. The zero-order valence-electron chi connectivity index (χ0n) is 13.5. The summed E-state index contributed by atoms with van der Waals surface area (Å²) in [5, 5.41) is 0. The molecule has 1 aliphatic heterocycles. The van der Waals surface area contributed by atoms with Gasteiger partial charge in [0.15, 0.2) is 0 Å². The quantitative estimate of drug-likeness (QED) is 0.718. The second kappa shape index (κ2) is 6.80. The summed E-state index contributed by atoms with van der Waals surface area (Å²) in [7, 11) is -0.677. The number of aromatic nitrogens is 1. The van der Waals surface area contributed by atoms with Crippen molar-refractivity contribution in [1.82, 2.24) is 4.98 Å². The van der Waals surface area contributed by atoms with Crippen molar-refractivity contribution in [1.29, 1.82) is 0 Å². The molecule has 4 rings (SSSR count). The zero-order chi connectivity index (χ0) is 17.2. The molecule has 1 fully saturated rings. The molecule has 0 bridgehead atoms. The molecule has 0 radical (unpaired) electrons. The van der Waals surface area contributed by atoms with E-state index in [2.05, 4.69) is 9.88 Å². The highest BCUT2D eigenvalue weighted by molar-refractivity contribution is 7.85. The Morgan fingerprint density at radius 3 is 2.52 bits per heavy atom. The fourth-order valence-corrected chi connectivity index (χ4v) is 3.95. The van der Waals surface area contributed by atoms with Crippen LogP contribution in [-0.4, -0.2) is 33.8 Å². The lowest BCUT2D eigenvalue weighted by Gasteiger charge is -2.28. The first-order valence-electron chi connectivity index (χ1n) is 8.11. The molecule has 128 valence electrons. The third-order valence-electron chi connectivity index (χ3n) is 4.28. The Morgan fingerprint density at radius 2 is 1.80 bits per heavy atom. The minimum Gasteiger partial charge on any atom is -0.444 e. The first-order chi connectivity index (χ1) is 12.2. The smallest absolute Gasteiger partial charge is 0.226 e. The van der Waals surface area contributed by atoms with Crippen molar-refractivity contribution in [3.63, 3.8) is 0 Å². The van der Waals surface area contributed by atoms with E-state index in [1.54, 1.807) is 18.4 Å². The Kier molecular flexibility index (Phi) is 4.36. The van der Waals surface area contributed by atoms with Crippen LogP contribution in [0, 0.1) is 5.82 Å². The molecular formula is C19H17FN2O2S. The van der Waals surface area contributed by atoms with Crippen molar-refractivity contribution in [3.05, 3.63) is 60.6 Å². The largest absolute Gasteiger partial charge is 0.444 e. The SMILES string of the molecule is O=S1CCN(c2ccc(-c3coc(-c4cccc(F)c4)n3)cc2)CC1. The molecule has 0 saturated carbocycles.